The Labute approximate surface area is 89.9 Å². The molecule has 0 aliphatic heterocycles. The highest BCUT2D eigenvalue weighted by Gasteiger charge is 2.19. The predicted molar refractivity (Wildman–Crippen MR) is 58.0 cm³/mol. The van der Waals surface area contributed by atoms with Gasteiger partial charge in [0.05, 0.1) is 0 Å². The highest BCUT2D eigenvalue weighted by atomic mass is 16.1. The first-order chi connectivity index (χ1) is 7.16. The van der Waals surface area contributed by atoms with Crippen molar-refractivity contribution < 1.29 is 4.79 Å². The van der Waals surface area contributed by atoms with Crippen molar-refractivity contribution in [1.29, 1.82) is 0 Å². The van der Waals surface area contributed by atoms with Gasteiger partial charge in [-0.3, -0.25) is 4.79 Å². The molecule has 1 aromatic rings. The fraction of sp³-hybridized carbons (Fsp3) is 0.583. The van der Waals surface area contributed by atoms with Crippen molar-refractivity contribution in [1.82, 2.24) is 9.97 Å². The van der Waals surface area contributed by atoms with Gasteiger partial charge < -0.3 is 0 Å². The molecule has 1 aromatic heterocycles. The number of Topliss-reactive ketones (excluding diaryl/α,β-unsaturated/α-hetero) is 1. The summed E-state index contributed by atoms with van der Waals surface area (Å²) >= 11 is 0. The molecule has 0 radical (unpaired) electrons. The molecule has 1 fully saturated rings. The molecule has 1 heterocycles. The van der Waals surface area contributed by atoms with Crippen LogP contribution in [0.1, 0.15) is 60.5 Å². The zero-order valence-corrected chi connectivity index (χ0v) is 9.29. The summed E-state index contributed by atoms with van der Waals surface area (Å²) in [6.45, 7) is 3.44. The summed E-state index contributed by atoms with van der Waals surface area (Å²) in [6, 6.07) is 2.02. The molecule has 1 aliphatic rings. The first-order valence-electron chi connectivity index (χ1n) is 5.53. The standard InChI is InChI=1S/C12H16N2O/c1-8-7-11(10-5-3-4-6-10)14-12(13-8)9(2)15/h7,10H,3-6H2,1-2H3. The van der Waals surface area contributed by atoms with Crippen LogP contribution < -0.4 is 0 Å². The maximum absolute atomic E-state index is 11.2. The molecule has 0 bridgehead atoms. The average Bonchev–Trinajstić information content (AvgIpc) is 2.69. The number of carbonyl (C=O) groups is 1. The summed E-state index contributed by atoms with van der Waals surface area (Å²) in [5.41, 5.74) is 1.96. The van der Waals surface area contributed by atoms with E-state index in [0.717, 1.165) is 11.4 Å². The number of nitrogens with zero attached hydrogens (tertiary/aromatic N) is 2. The van der Waals surface area contributed by atoms with Crippen molar-refractivity contribution in [3.05, 3.63) is 23.3 Å². The Hall–Kier alpha value is -1.25. The number of rotatable bonds is 2. The molecule has 0 unspecified atom stereocenters. The summed E-state index contributed by atoms with van der Waals surface area (Å²) in [5.74, 6) is 0.875. The Morgan fingerprint density at radius 2 is 2.00 bits per heavy atom. The van der Waals surface area contributed by atoms with Crippen molar-refractivity contribution in [2.75, 3.05) is 0 Å². The summed E-state index contributed by atoms with van der Waals surface area (Å²) in [5, 5.41) is 0. The SMILES string of the molecule is CC(=O)c1nc(C)cc(C2CCCC2)n1. The molecule has 2 rings (SSSR count). The minimum Gasteiger partial charge on any atom is -0.291 e. The van der Waals surface area contributed by atoms with Crippen LogP contribution in [0, 0.1) is 6.92 Å². The summed E-state index contributed by atoms with van der Waals surface area (Å²) in [6.07, 6.45) is 4.97. The average molecular weight is 204 g/mol. The lowest BCUT2D eigenvalue weighted by atomic mass is 10.0. The zero-order valence-electron chi connectivity index (χ0n) is 9.29. The van der Waals surface area contributed by atoms with E-state index in [4.69, 9.17) is 0 Å². The van der Waals surface area contributed by atoms with E-state index in [1.807, 2.05) is 13.0 Å². The highest BCUT2D eigenvalue weighted by Crippen LogP contribution is 2.33. The quantitative estimate of drug-likeness (QED) is 0.695. The van der Waals surface area contributed by atoms with Gasteiger partial charge in [-0.1, -0.05) is 12.8 Å². The minimum absolute atomic E-state index is 0.0436. The van der Waals surface area contributed by atoms with Gasteiger partial charge in [-0.25, -0.2) is 9.97 Å². The van der Waals surface area contributed by atoms with Gasteiger partial charge in [0.2, 0.25) is 0 Å². The van der Waals surface area contributed by atoms with Crippen molar-refractivity contribution in [2.24, 2.45) is 0 Å². The van der Waals surface area contributed by atoms with Gasteiger partial charge in [-0.15, -0.1) is 0 Å². The zero-order chi connectivity index (χ0) is 10.8. The normalized spacial score (nSPS) is 16.9. The maximum atomic E-state index is 11.2. The Bertz CT molecular complexity index is 381. The van der Waals surface area contributed by atoms with Gasteiger partial charge >= 0.3 is 0 Å². The third-order valence-corrected chi connectivity index (χ3v) is 2.96. The Morgan fingerprint density at radius 1 is 1.33 bits per heavy atom. The monoisotopic (exact) mass is 204 g/mol. The van der Waals surface area contributed by atoms with E-state index in [0.29, 0.717) is 11.7 Å². The molecule has 0 amide bonds. The number of hydrogen-bond acceptors (Lipinski definition) is 3. The molecule has 80 valence electrons. The number of hydrogen-bond donors (Lipinski definition) is 0. The largest absolute Gasteiger partial charge is 0.291 e. The van der Waals surface area contributed by atoms with Crippen molar-refractivity contribution in [3.8, 4) is 0 Å². The van der Waals surface area contributed by atoms with Crippen LogP contribution in [-0.2, 0) is 0 Å². The van der Waals surface area contributed by atoms with Gasteiger partial charge in [-0.05, 0) is 25.8 Å². The van der Waals surface area contributed by atoms with Crippen LogP contribution in [0.5, 0.6) is 0 Å². The predicted octanol–water partition coefficient (Wildman–Crippen LogP) is 2.65. The van der Waals surface area contributed by atoms with E-state index in [2.05, 4.69) is 9.97 Å². The van der Waals surface area contributed by atoms with E-state index < -0.39 is 0 Å². The van der Waals surface area contributed by atoms with Crippen molar-refractivity contribution in [2.45, 2.75) is 45.4 Å². The molecule has 1 aliphatic carbocycles. The van der Waals surface area contributed by atoms with Crippen LogP contribution >= 0.6 is 0 Å². The Morgan fingerprint density at radius 3 is 2.60 bits per heavy atom. The highest BCUT2D eigenvalue weighted by molar-refractivity contribution is 5.90. The molecule has 0 aromatic carbocycles. The molecule has 0 atom stereocenters. The molecule has 0 spiro atoms. The van der Waals surface area contributed by atoms with Gasteiger partial charge in [0.1, 0.15) is 0 Å². The lowest BCUT2D eigenvalue weighted by molar-refractivity contribution is 0.100. The van der Waals surface area contributed by atoms with E-state index >= 15 is 0 Å². The van der Waals surface area contributed by atoms with Gasteiger partial charge in [-0.2, -0.15) is 0 Å². The fourth-order valence-electron chi connectivity index (χ4n) is 2.18. The molecule has 15 heavy (non-hydrogen) atoms. The smallest absolute Gasteiger partial charge is 0.196 e. The third kappa shape index (κ3) is 2.22. The molecule has 0 saturated heterocycles. The second-order valence-electron chi connectivity index (χ2n) is 4.30. The minimum atomic E-state index is -0.0436. The molecular formula is C12H16N2O. The van der Waals surface area contributed by atoms with Crippen LogP contribution in [0.25, 0.3) is 0 Å². The maximum Gasteiger partial charge on any atom is 0.196 e. The lowest BCUT2D eigenvalue weighted by Gasteiger charge is -2.09. The first-order valence-corrected chi connectivity index (χ1v) is 5.53. The van der Waals surface area contributed by atoms with Crippen LogP contribution in [-0.4, -0.2) is 15.8 Å². The van der Waals surface area contributed by atoms with E-state index in [-0.39, 0.29) is 5.78 Å². The summed E-state index contributed by atoms with van der Waals surface area (Å²) in [7, 11) is 0. The fourth-order valence-corrected chi connectivity index (χ4v) is 2.18. The Balaban J connectivity index is 2.34. The second-order valence-corrected chi connectivity index (χ2v) is 4.30. The van der Waals surface area contributed by atoms with Gasteiger partial charge in [0, 0.05) is 24.2 Å². The second kappa shape index (κ2) is 4.09. The number of carbonyl (C=O) groups excluding carboxylic acids is 1. The van der Waals surface area contributed by atoms with Gasteiger partial charge in [0.15, 0.2) is 11.6 Å². The van der Waals surface area contributed by atoms with Gasteiger partial charge in [0.25, 0.3) is 0 Å². The summed E-state index contributed by atoms with van der Waals surface area (Å²) in [4.78, 5) is 19.7. The molecule has 0 N–H and O–H groups in total. The number of aromatic nitrogens is 2. The van der Waals surface area contributed by atoms with E-state index in [9.17, 15) is 4.79 Å². The third-order valence-electron chi connectivity index (χ3n) is 2.96. The van der Waals surface area contributed by atoms with Crippen LogP contribution in [0.2, 0.25) is 0 Å². The van der Waals surface area contributed by atoms with Crippen molar-refractivity contribution in [3.63, 3.8) is 0 Å². The number of ketones is 1. The van der Waals surface area contributed by atoms with Crippen molar-refractivity contribution >= 4 is 5.78 Å². The van der Waals surface area contributed by atoms with E-state index in [1.54, 1.807) is 0 Å². The summed E-state index contributed by atoms with van der Waals surface area (Å²) < 4.78 is 0. The lowest BCUT2D eigenvalue weighted by Crippen LogP contribution is -2.07. The van der Waals surface area contributed by atoms with E-state index in [1.165, 1.54) is 32.6 Å². The molecular weight excluding hydrogens is 188 g/mol. The Kier molecular flexibility index (Phi) is 2.80. The molecule has 3 heteroatoms. The molecule has 1 saturated carbocycles. The first kappa shape index (κ1) is 10.3. The van der Waals surface area contributed by atoms with Crippen LogP contribution in [0.3, 0.4) is 0 Å². The van der Waals surface area contributed by atoms with Crippen LogP contribution in [0.15, 0.2) is 6.07 Å². The van der Waals surface area contributed by atoms with Crippen LogP contribution in [0.4, 0.5) is 0 Å². The number of aryl methyl sites for hydroxylation is 1. The topological polar surface area (TPSA) is 42.9 Å². The molecule has 3 nitrogen and oxygen atoms in total.